The van der Waals surface area contributed by atoms with Crippen molar-refractivity contribution in [3.63, 3.8) is 0 Å². The van der Waals surface area contributed by atoms with E-state index in [-0.39, 0.29) is 6.04 Å². The number of thiophene rings is 1. The minimum absolute atomic E-state index is 0.127. The Morgan fingerprint density at radius 1 is 1.58 bits per heavy atom. The first-order valence-corrected chi connectivity index (χ1v) is 4.68. The van der Waals surface area contributed by atoms with Crippen LogP contribution in [-0.2, 0) is 0 Å². The van der Waals surface area contributed by atoms with Gasteiger partial charge in [0.2, 0.25) is 0 Å². The summed E-state index contributed by atoms with van der Waals surface area (Å²) in [7, 11) is 0. The number of nitrogens with zero attached hydrogens (tertiary/aromatic N) is 1. The van der Waals surface area contributed by atoms with Gasteiger partial charge in [-0.05, 0) is 19.1 Å². The Kier molecular flexibility index (Phi) is 1.83. The molecule has 0 amide bonds. The first-order chi connectivity index (χ1) is 5.77. The van der Waals surface area contributed by atoms with Crippen molar-refractivity contribution in [2.75, 3.05) is 0 Å². The third-order valence-corrected chi connectivity index (χ3v) is 3.10. The van der Waals surface area contributed by atoms with Gasteiger partial charge in [0.25, 0.3) is 0 Å². The molecule has 0 aliphatic carbocycles. The molecule has 0 fully saturated rings. The van der Waals surface area contributed by atoms with Gasteiger partial charge < -0.3 is 5.73 Å². The summed E-state index contributed by atoms with van der Waals surface area (Å²) in [5.41, 5.74) is 5.77. The normalized spacial score (nSPS) is 13.5. The Balaban J connectivity index is 2.62. The lowest BCUT2D eigenvalue weighted by Gasteiger charge is -1.96. The summed E-state index contributed by atoms with van der Waals surface area (Å²) in [5.74, 6) is 0. The lowest BCUT2D eigenvalue weighted by Crippen LogP contribution is -2.01. The number of pyridine rings is 1. The molecule has 2 nitrogen and oxygen atoms in total. The van der Waals surface area contributed by atoms with E-state index in [0.29, 0.717) is 0 Å². The highest BCUT2D eigenvalue weighted by Gasteiger charge is 2.04. The SMILES string of the molecule is CC(N)c1cc2cnccc2s1. The number of fused-ring (bicyclic) bond motifs is 1. The van der Waals surface area contributed by atoms with Gasteiger partial charge in [-0.15, -0.1) is 11.3 Å². The zero-order chi connectivity index (χ0) is 8.55. The van der Waals surface area contributed by atoms with Crippen molar-refractivity contribution in [3.05, 3.63) is 29.4 Å². The summed E-state index contributed by atoms with van der Waals surface area (Å²) < 4.78 is 1.26. The maximum Gasteiger partial charge on any atom is 0.0377 e. The maximum absolute atomic E-state index is 5.77. The van der Waals surface area contributed by atoms with Crippen molar-refractivity contribution in [2.24, 2.45) is 5.73 Å². The molecule has 1 atom stereocenters. The van der Waals surface area contributed by atoms with Gasteiger partial charge in [0.1, 0.15) is 0 Å². The highest BCUT2D eigenvalue weighted by molar-refractivity contribution is 7.19. The van der Waals surface area contributed by atoms with Crippen LogP contribution in [0.25, 0.3) is 10.1 Å². The predicted octanol–water partition coefficient (Wildman–Crippen LogP) is 2.32. The molecular weight excluding hydrogens is 168 g/mol. The van der Waals surface area contributed by atoms with Crippen LogP contribution < -0.4 is 5.73 Å². The summed E-state index contributed by atoms with van der Waals surface area (Å²) >= 11 is 1.74. The van der Waals surface area contributed by atoms with Gasteiger partial charge in [-0.1, -0.05) is 0 Å². The molecule has 0 bridgehead atoms. The van der Waals surface area contributed by atoms with Gasteiger partial charge in [-0.3, -0.25) is 4.98 Å². The quantitative estimate of drug-likeness (QED) is 0.727. The molecule has 0 radical (unpaired) electrons. The molecular formula is C9H10N2S. The molecule has 3 heteroatoms. The lowest BCUT2D eigenvalue weighted by atomic mass is 10.2. The first-order valence-electron chi connectivity index (χ1n) is 3.86. The highest BCUT2D eigenvalue weighted by atomic mass is 32.1. The van der Waals surface area contributed by atoms with E-state index >= 15 is 0 Å². The largest absolute Gasteiger partial charge is 0.324 e. The zero-order valence-corrected chi connectivity index (χ0v) is 7.64. The minimum Gasteiger partial charge on any atom is -0.324 e. The lowest BCUT2D eigenvalue weighted by molar-refractivity contribution is 0.839. The topological polar surface area (TPSA) is 38.9 Å². The molecule has 2 aromatic rings. The molecule has 0 aliphatic heterocycles. The second kappa shape index (κ2) is 2.84. The van der Waals surface area contributed by atoms with Crippen LogP contribution in [0.1, 0.15) is 17.8 Å². The standard InChI is InChI=1S/C9H10N2S/c1-6(10)9-4-7-5-11-3-2-8(7)12-9/h2-6H,10H2,1H3. The van der Waals surface area contributed by atoms with Gasteiger partial charge in [0.15, 0.2) is 0 Å². The fourth-order valence-electron chi connectivity index (χ4n) is 1.13. The summed E-state index contributed by atoms with van der Waals surface area (Å²) in [5, 5.41) is 1.19. The van der Waals surface area contributed by atoms with Crippen LogP contribution in [0.3, 0.4) is 0 Å². The van der Waals surface area contributed by atoms with Crippen molar-refractivity contribution in [1.82, 2.24) is 4.98 Å². The molecule has 2 heterocycles. The molecule has 1 unspecified atom stereocenters. The van der Waals surface area contributed by atoms with Gasteiger partial charge in [0, 0.05) is 33.4 Å². The third kappa shape index (κ3) is 1.21. The number of rotatable bonds is 1. The van der Waals surface area contributed by atoms with Crippen molar-refractivity contribution >= 4 is 21.4 Å². The molecule has 0 saturated carbocycles. The minimum atomic E-state index is 0.127. The van der Waals surface area contributed by atoms with Gasteiger partial charge >= 0.3 is 0 Å². The van der Waals surface area contributed by atoms with E-state index in [4.69, 9.17) is 5.73 Å². The van der Waals surface area contributed by atoms with Gasteiger partial charge in [-0.25, -0.2) is 0 Å². The Bertz CT molecular complexity index is 359. The molecule has 0 aromatic carbocycles. The Hall–Kier alpha value is -0.930. The summed E-state index contributed by atoms with van der Waals surface area (Å²) in [6, 6.07) is 4.26. The van der Waals surface area contributed by atoms with Crippen molar-refractivity contribution in [2.45, 2.75) is 13.0 Å². The van der Waals surface area contributed by atoms with E-state index < -0.39 is 0 Å². The summed E-state index contributed by atoms with van der Waals surface area (Å²) in [6.45, 7) is 2.00. The Morgan fingerprint density at radius 3 is 3.08 bits per heavy atom. The second-order valence-electron chi connectivity index (χ2n) is 2.85. The van der Waals surface area contributed by atoms with E-state index in [1.807, 2.05) is 25.4 Å². The summed E-state index contributed by atoms with van der Waals surface area (Å²) in [6.07, 6.45) is 3.68. The molecule has 2 aromatic heterocycles. The van der Waals surface area contributed by atoms with Gasteiger partial charge in [0.05, 0.1) is 0 Å². The fourth-order valence-corrected chi connectivity index (χ4v) is 2.11. The van der Waals surface area contributed by atoms with Crippen LogP contribution in [-0.4, -0.2) is 4.98 Å². The van der Waals surface area contributed by atoms with E-state index in [9.17, 15) is 0 Å². The Morgan fingerprint density at radius 2 is 2.42 bits per heavy atom. The molecule has 0 aliphatic rings. The monoisotopic (exact) mass is 178 g/mol. The molecule has 62 valence electrons. The van der Waals surface area contributed by atoms with Crippen LogP contribution in [0.15, 0.2) is 24.5 Å². The number of nitrogens with two attached hydrogens (primary N) is 1. The predicted molar refractivity (Wildman–Crippen MR) is 52.2 cm³/mol. The molecule has 12 heavy (non-hydrogen) atoms. The van der Waals surface area contributed by atoms with Gasteiger partial charge in [-0.2, -0.15) is 0 Å². The van der Waals surface area contributed by atoms with E-state index in [0.717, 1.165) is 0 Å². The zero-order valence-electron chi connectivity index (χ0n) is 6.82. The molecule has 2 N–H and O–H groups in total. The molecule has 0 saturated heterocycles. The van der Waals surface area contributed by atoms with Crippen LogP contribution in [0.5, 0.6) is 0 Å². The average Bonchev–Trinajstić information content (AvgIpc) is 2.46. The number of hydrogen-bond donors (Lipinski definition) is 1. The number of hydrogen-bond acceptors (Lipinski definition) is 3. The van der Waals surface area contributed by atoms with E-state index in [1.54, 1.807) is 11.3 Å². The van der Waals surface area contributed by atoms with Crippen LogP contribution in [0.4, 0.5) is 0 Å². The van der Waals surface area contributed by atoms with E-state index in [1.165, 1.54) is 15.0 Å². The molecule has 0 spiro atoms. The Labute approximate surface area is 75.0 Å². The van der Waals surface area contributed by atoms with Crippen LogP contribution >= 0.6 is 11.3 Å². The van der Waals surface area contributed by atoms with E-state index in [2.05, 4.69) is 11.1 Å². The highest BCUT2D eigenvalue weighted by Crippen LogP contribution is 2.27. The van der Waals surface area contributed by atoms with Crippen molar-refractivity contribution < 1.29 is 0 Å². The first kappa shape index (κ1) is 7.71. The molecule has 2 rings (SSSR count). The number of aromatic nitrogens is 1. The van der Waals surface area contributed by atoms with Crippen molar-refractivity contribution in [1.29, 1.82) is 0 Å². The fraction of sp³-hybridized carbons (Fsp3) is 0.222. The smallest absolute Gasteiger partial charge is 0.0377 e. The average molecular weight is 178 g/mol. The van der Waals surface area contributed by atoms with Crippen LogP contribution in [0.2, 0.25) is 0 Å². The van der Waals surface area contributed by atoms with Crippen molar-refractivity contribution in [3.8, 4) is 0 Å². The second-order valence-corrected chi connectivity index (χ2v) is 3.97. The third-order valence-electron chi connectivity index (χ3n) is 1.78. The maximum atomic E-state index is 5.77. The summed E-state index contributed by atoms with van der Waals surface area (Å²) in [4.78, 5) is 5.27. The van der Waals surface area contributed by atoms with Crippen LogP contribution in [0, 0.1) is 0 Å².